The maximum Gasteiger partial charge on any atom is 0.211 e. The summed E-state index contributed by atoms with van der Waals surface area (Å²) in [7, 11) is 0. The highest BCUT2D eigenvalue weighted by atomic mass is 35.5. The first-order valence-electron chi connectivity index (χ1n) is 4.07. The Balaban J connectivity index is 3.26. The first-order valence-corrected chi connectivity index (χ1v) is 4.83. The summed E-state index contributed by atoms with van der Waals surface area (Å²) < 4.78 is 0. The Bertz CT molecular complexity index is 497. The van der Waals surface area contributed by atoms with E-state index in [0.717, 1.165) is 0 Å². The molecule has 0 radical (unpaired) electrons. The van der Waals surface area contributed by atoms with Gasteiger partial charge in [-0.05, 0) is 6.07 Å². The van der Waals surface area contributed by atoms with E-state index in [1.54, 1.807) is 18.2 Å². The summed E-state index contributed by atoms with van der Waals surface area (Å²) in [4.78, 5) is 0. The van der Waals surface area contributed by atoms with Crippen LogP contribution in [0.1, 0.15) is 5.56 Å². The first-order chi connectivity index (χ1) is 7.56. The Morgan fingerprint density at radius 1 is 1.25 bits per heavy atom. The molecule has 0 saturated carbocycles. The topological polar surface area (TPSA) is 101 Å². The lowest BCUT2D eigenvalue weighted by molar-refractivity contribution is 1.20. The van der Waals surface area contributed by atoms with Crippen LogP contribution in [0.4, 0.5) is 0 Å². The van der Waals surface area contributed by atoms with E-state index < -0.39 is 0 Å². The number of guanidine groups is 1. The highest BCUT2D eigenvalue weighted by Gasteiger charge is 2.10. The molecule has 16 heavy (non-hydrogen) atoms. The summed E-state index contributed by atoms with van der Waals surface area (Å²) in [5.41, 5.74) is 10.6. The average molecular weight is 256 g/mol. The van der Waals surface area contributed by atoms with E-state index >= 15 is 0 Å². The average Bonchev–Trinajstić information content (AvgIpc) is 2.24. The fraction of sp³-hybridized carbons (Fsp3) is 0. The van der Waals surface area contributed by atoms with Crippen LogP contribution in [0.2, 0.25) is 10.0 Å². The van der Waals surface area contributed by atoms with Gasteiger partial charge in [-0.2, -0.15) is 5.26 Å². The lowest BCUT2D eigenvalue weighted by atomic mass is 10.1. The molecular weight excluding hydrogens is 249 g/mol. The number of hydrogen-bond acceptors (Lipinski definition) is 3. The van der Waals surface area contributed by atoms with Gasteiger partial charge in [0, 0.05) is 5.56 Å². The van der Waals surface area contributed by atoms with Crippen molar-refractivity contribution < 1.29 is 0 Å². The molecule has 1 rings (SSSR count). The smallest absolute Gasteiger partial charge is 0.211 e. The molecule has 0 aliphatic rings. The molecular formula is C9H7Cl2N5. The molecule has 0 bridgehead atoms. The molecule has 0 aromatic heterocycles. The van der Waals surface area contributed by atoms with Crippen LogP contribution in [0.15, 0.2) is 28.4 Å². The molecule has 82 valence electrons. The van der Waals surface area contributed by atoms with Crippen molar-refractivity contribution >= 4 is 34.9 Å². The zero-order valence-electron chi connectivity index (χ0n) is 7.98. The van der Waals surface area contributed by atoms with Crippen LogP contribution >= 0.6 is 23.2 Å². The van der Waals surface area contributed by atoms with Crippen LogP contribution in [0.5, 0.6) is 0 Å². The second-order valence-electron chi connectivity index (χ2n) is 2.69. The molecule has 0 aliphatic heterocycles. The number of hydrogen-bond donors (Lipinski definition) is 2. The minimum absolute atomic E-state index is 0.0131. The Morgan fingerprint density at radius 2 is 1.94 bits per heavy atom. The van der Waals surface area contributed by atoms with Crippen molar-refractivity contribution in [3.8, 4) is 6.07 Å². The van der Waals surface area contributed by atoms with Gasteiger partial charge in [0.1, 0.15) is 6.07 Å². The summed E-state index contributed by atoms with van der Waals surface area (Å²) in [5.74, 6) is -0.245. The lowest BCUT2D eigenvalue weighted by Gasteiger charge is -2.01. The van der Waals surface area contributed by atoms with Gasteiger partial charge in [-0.25, -0.2) is 0 Å². The number of rotatable bonds is 2. The first kappa shape index (κ1) is 12.3. The molecule has 0 unspecified atom stereocenters. The van der Waals surface area contributed by atoms with Gasteiger partial charge in [-0.3, -0.25) is 0 Å². The fourth-order valence-corrected chi connectivity index (χ4v) is 1.32. The number of nitrogens with two attached hydrogens (primary N) is 2. The monoisotopic (exact) mass is 255 g/mol. The molecule has 0 heterocycles. The largest absolute Gasteiger partial charge is 0.369 e. The highest BCUT2D eigenvalue weighted by molar-refractivity contribution is 6.44. The zero-order valence-corrected chi connectivity index (χ0v) is 9.50. The van der Waals surface area contributed by atoms with Crippen LogP contribution in [0.3, 0.4) is 0 Å². The van der Waals surface area contributed by atoms with E-state index in [9.17, 15) is 0 Å². The van der Waals surface area contributed by atoms with Gasteiger partial charge in [-0.1, -0.05) is 35.3 Å². The van der Waals surface area contributed by atoms with Crippen molar-refractivity contribution in [2.24, 2.45) is 21.7 Å². The standard InChI is InChI=1S/C9H7Cl2N5/c10-6-3-1-2-5(8(6)11)7(4-12)15-16-9(13)14/h1-3H,(H4,13,14,16)/b15-7-. The third-order valence-corrected chi connectivity index (χ3v) is 2.40. The van der Waals surface area contributed by atoms with E-state index in [1.807, 2.05) is 6.07 Å². The minimum Gasteiger partial charge on any atom is -0.369 e. The minimum atomic E-state index is -0.245. The summed E-state index contributed by atoms with van der Waals surface area (Å²) in [5, 5.41) is 16.4. The normalized spacial score (nSPS) is 10.7. The highest BCUT2D eigenvalue weighted by Crippen LogP contribution is 2.25. The van der Waals surface area contributed by atoms with Crippen LogP contribution in [-0.2, 0) is 0 Å². The van der Waals surface area contributed by atoms with E-state index in [2.05, 4.69) is 10.2 Å². The maximum absolute atomic E-state index is 8.87. The molecule has 7 heteroatoms. The number of halogens is 2. The molecule has 1 aromatic rings. The van der Waals surface area contributed by atoms with Crippen LogP contribution in [0.25, 0.3) is 0 Å². The molecule has 0 amide bonds. The second-order valence-corrected chi connectivity index (χ2v) is 3.47. The van der Waals surface area contributed by atoms with Crippen molar-refractivity contribution in [1.82, 2.24) is 0 Å². The lowest BCUT2D eigenvalue weighted by Crippen LogP contribution is -2.22. The quantitative estimate of drug-likeness (QED) is 0.476. The van der Waals surface area contributed by atoms with Crippen molar-refractivity contribution in [2.75, 3.05) is 0 Å². The van der Waals surface area contributed by atoms with Gasteiger partial charge in [0.25, 0.3) is 0 Å². The van der Waals surface area contributed by atoms with Crippen LogP contribution in [-0.4, -0.2) is 11.7 Å². The maximum atomic E-state index is 8.87. The summed E-state index contributed by atoms with van der Waals surface area (Å²) in [6.45, 7) is 0. The third kappa shape index (κ3) is 2.86. The van der Waals surface area contributed by atoms with Crippen molar-refractivity contribution in [1.29, 1.82) is 5.26 Å². The van der Waals surface area contributed by atoms with Crippen molar-refractivity contribution in [2.45, 2.75) is 0 Å². The number of benzene rings is 1. The van der Waals surface area contributed by atoms with Crippen LogP contribution in [0, 0.1) is 11.3 Å². The summed E-state index contributed by atoms with van der Waals surface area (Å²) in [6, 6.07) is 6.67. The van der Waals surface area contributed by atoms with Gasteiger partial charge in [0.05, 0.1) is 10.0 Å². The molecule has 0 atom stereocenters. The third-order valence-electron chi connectivity index (χ3n) is 1.58. The van der Waals surface area contributed by atoms with E-state index in [-0.39, 0.29) is 16.7 Å². The van der Waals surface area contributed by atoms with Gasteiger partial charge in [-0.15, -0.1) is 10.2 Å². The Morgan fingerprint density at radius 3 is 2.50 bits per heavy atom. The number of nitrogens with zero attached hydrogens (tertiary/aromatic N) is 3. The fourth-order valence-electron chi connectivity index (χ4n) is 0.931. The molecule has 4 N–H and O–H groups in total. The molecule has 1 aromatic carbocycles. The van der Waals surface area contributed by atoms with E-state index in [4.69, 9.17) is 39.9 Å². The molecule has 0 saturated heterocycles. The van der Waals surface area contributed by atoms with Gasteiger partial charge >= 0.3 is 0 Å². The predicted octanol–water partition coefficient (Wildman–Crippen LogP) is 1.49. The Kier molecular flexibility index (Phi) is 4.11. The SMILES string of the molecule is N#C/C(=N/N=C(N)N)c1cccc(Cl)c1Cl. The van der Waals surface area contributed by atoms with E-state index in [1.165, 1.54) is 0 Å². The predicted molar refractivity (Wildman–Crippen MR) is 64.4 cm³/mol. The van der Waals surface area contributed by atoms with Gasteiger partial charge in [0.15, 0.2) is 5.71 Å². The van der Waals surface area contributed by atoms with Gasteiger partial charge in [0.2, 0.25) is 5.96 Å². The zero-order chi connectivity index (χ0) is 12.1. The summed E-state index contributed by atoms with van der Waals surface area (Å²) in [6.07, 6.45) is 0. The molecule has 0 fully saturated rings. The van der Waals surface area contributed by atoms with E-state index in [0.29, 0.717) is 10.6 Å². The molecule has 5 nitrogen and oxygen atoms in total. The Labute approximate surface area is 102 Å². The van der Waals surface area contributed by atoms with Crippen molar-refractivity contribution in [3.05, 3.63) is 33.8 Å². The van der Waals surface area contributed by atoms with Gasteiger partial charge < -0.3 is 11.5 Å². The molecule has 0 aliphatic carbocycles. The van der Waals surface area contributed by atoms with Crippen LogP contribution < -0.4 is 11.5 Å². The van der Waals surface area contributed by atoms with Crippen molar-refractivity contribution in [3.63, 3.8) is 0 Å². The molecule has 0 spiro atoms. The second kappa shape index (κ2) is 5.35. The summed E-state index contributed by atoms with van der Waals surface area (Å²) >= 11 is 11.7. The number of nitriles is 1. The Hall–Kier alpha value is -1.77.